The van der Waals surface area contributed by atoms with Crippen molar-refractivity contribution in [2.75, 3.05) is 13.7 Å². The average molecular weight is 271 g/mol. The van der Waals surface area contributed by atoms with Crippen molar-refractivity contribution in [1.82, 2.24) is 5.32 Å². The fraction of sp³-hybridized carbons (Fsp3) is 0.857. The number of amides is 1. The maximum atomic E-state index is 11.9. The highest BCUT2D eigenvalue weighted by Gasteiger charge is 2.33. The molecule has 2 N–H and O–H groups in total. The van der Waals surface area contributed by atoms with Crippen LogP contribution in [0.25, 0.3) is 0 Å². The number of carboxylic acid groups (broad SMARTS) is 1. The van der Waals surface area contributed by atoms with E-state index in [1.165, 1.54) is 20.0 Å². The zero-order valence-corrected chi connectivity index (χ0v) is 12.1. The molecule has 1 aliphatic carbocycles. The minimum atomic E-state index is -1.05. The van der Waals surface area contributed by atoms with Gasteiger partial charge in [0.1, 0.15) is 0 Å². The molecule has 0 saturated heterocycles. The minimum absolute atomic E-state index is 0.0256. The van der Waals surface area contributed by atoms with E-state index < -0.39 is 12.1 Å². The van der Waals surface area contributed by atoms with Crippen LogP contribution < -0.4 is 5.32 Å². The molecular weight excluding hydrogens is 246 g/mol. The van der Waals surface area contributed by atoms with Gasteiger partial charge in [-0.15, -0.1) is 0 Å². The molecule has 0 aromatic heterocycles. The SMILES string of the molecule is COC(CNC(=O)CC1CCCCC1(C)C)C(=O)O. The third-order valence-corrected chi connectivity index (χ3v) is 4.21. The van der Waals surface area contributed by atoms with E-state index in [1.54, 1.807) is 0 Å². The van der Waals surface area contributed by atoms with Gasteiger partial charge in [-0.05, 0) is 24.2 Å². The van der Waals surface area contributed by atoms with Gasteiger partial charge in [-0.2, -0.15) is 0 Å². The van der Waals surface area contributed by atoms with E-state index in [0.29, 0.717) is 12.3 Å². The van der Waals surface area contributed by atoms with Crippen LogP contribution in [0.1, 0.15) is 46.0 Å². The van der Waals surface area contributed by atoms with Gasteiger partial charge in [0.05, 0.1) is 6.54 Å². The first kappa shape index (κ1) is 16.0. The first-order valence-electron chi connectivity index (χ1n) is 6.89. The Morgan fingerprint density at radius 3 is 2.63 bits per heavy atom. The number of hydrogen-bond acceptors (Lipinski definition) is 3. The molecule has 2 unspecified atom stereocenters. The number of rotatable bonds is 6. The van der Waals surface area contributed by atoms with Crippen LogP contribution in [0.2, 0.25) is 0 Å². The molecule has 0 aliphatic heterocycles. The smallest absolute Gasteiger partial charge is 0.334 e. The third kappa shape index (κ3) is 4.82. The highest BCUT2D eigenvalue weighted by molar-refractivity contribution is 5.78. The van der Waals surface area contributed by atoms with Gasteiger partial charge in [0, 0.05) is 13.5 Å². The van der Waals surface area contributed by atoms with E-state index in [9.17, 15) is 9.59 Å². The zero-order valence-electron chi connectivity index (χ0n) is 12.1. The van der Waals surface area contributed by atoms with Crippen molar-refractivity contribution in [2.24, 2.45) is 11.3 Å². The molecule has 0 bridgehead atoms. The Kier molecular flexibility index (Phi) is 5.79. The van der Waals surface area contributed by atoms with Gasteiger partial charge < -0.3 is 15.2 Å². The van der Waals surface area contributed by atoms with Crippen LogP contribution in [0.3, 0.4) is 0 Å². The Morgan fingerprint density at radius 2 is 2.11 bits per heavy atom. The van der Waals surface area contributed by atoms with E-state index in [1.807, 2.05) is 0 Å². The molecule has 0 aromatic carbocycles. The zero-order chi connectivity index (χ0) is 14.5. The fourth-order valence-electron chi connectivity index (χ4n) is 2.72. The second kappa shape index (κ2) is 6.89. The summed E-state index contributed by atoms with van der Waals surface area (Å²) in [6.07, 6.45) is 4.15. The molecule has 2 atom stereocenters. The number of ether oxygens (including phenoxy) is 1. The number of nitrogens with one attached hydrogen (secondary N) is 1. The molecule has 1 saturated carbocycles. The van der Waals surface area contributed by atoms with Crippen LogP contribution in [0.4, 0.5) is 0 Å². The topological polar surface area (TPSA) is 75.6 Å². The molecule has 5 nitrogen and oxygen atoms in total. The van der Waals surface area contributed by atoms with Crippen molar-refractivity contribution in [1.29, 1.82) is 0 Å². The summed E-state index contributed by atoms with van der Waals surface area (Å²) in [7, 11) is 1.33. The molecule has 1 amide bonds. The summed E-state index contributed by atoms with van der Waals surface area (Å²) < 4.78 is 4.78. The first-order valence-corrected chi connectivity index (χ1v) is 6.89. The average Bonchev–Trinajstić information content (AvgIpc) is 2.32. The summed E-state index contributed by atoms with van der Waals surface area (Å²) in [5.41, 5.74) is 0.197. The minimum Gasteiger partial charge on any atom is -0.479 e. The van der Waals surface area contributed by atoms with Crippen molar-refractivity contribution in [2.45, 2.75) is 52.1 Å². The van der Waals surface area contributed by atoms with Crippen LogP contribution in [-0.2, 0) is 14.3 Å². The van der Waals surface area contributed by atoms with Crippen molar-refractivity contribution < 1.29 is 19.4 Å². The molecule has 0 radical (unpaired) electrons. The normalized spacial score (nSPS) is 23.6. The van der Waals surface area contributed by atoms with Crippen molar-refractivity contribution in [3.8, 4) is 0 Å². The molecule has 0 spiro atoms. The van der Waals surface area contributed by atoms with Crippen LogP contribution in [-0.4, -0.2) is 36.7 Å². The number of hydrogen-bond donors (Lipinski definition) is 2. The van der Waals surface area contributed by atoms with Gasteiger partial charge in [0.2, 0.25) is 5.91 Å². The van der Waals surface area contributed by atoms with E-state index in [0.717, 1.165) is 12.8 Å². The lowest BCUT2D eigenvalue weighted by molar-refractivity contribution is -0.148. The Hall–Kier alpha value is -1.10. The molecule has 1 aliphatic rings. The van der Waals surface area contributed by atoms with Gasteiger partial charge in [-0.25, -0.2) is 4.79 Å². The van der Waals surface area contributed by atoms with Crippen LogP contribution in [0, 0.1) is 11.3 Å². The fourth-order valence-corrected chi connectivity index (χ4v) is 2.72. The van der Waals surface area contributed by atoms with Gasteiger partial charge in [-0.3, -0.25) is 4.79 Å². The number of carboxylic acids is 1. The predicted molar refractivity (Wildman–Crippen MR) is 71.8 cm³/mol. The highest BCUT2D eigenvalue weighted by atomic mass is 16.5. The third-order valence-electron chi connectivity index (χ3n) is 4.21. The summed E-state index contributed by atoms with van der Waals surface area (Å²) >= 11 is 0. The van der Waals surface area contributed by atoms with Crippen molar-refractivity contribution in [3.63, 3.8) is 0 Å². The second-order valence-electron chi connectivity index (χ2n) is 6.00. The highest BCUT2D eigenvalue weighted by Crippen LogP contribution is 2.42. The van der Waals surface area contributed by atoms with E-state index >= 15 is 0 Å². The van der Waals surface area contributed by atoms with Gasteiger partial charge >= 0.3 is 5.97 Å². The standard InChI is InChI=1S/C14H25NO4/c1-14(2)7-5-4-6-10(14)8-12(16)15-9-11(19-3)13(17)18/h10-11H,4-9H2,1-3H3,(H,15,16)(H,17,18). The summed E-state index contributed by atoms with van der Waals surface area (Å²) in [5.74, 6) is -0.754. The predicted octanol–water partition coefficient (Wildman–Crippen LogP) is 1.81. The van der Waals surface area contributed by atoms with Gasteiger partial charge in [-0.1, -0.05) is 26.7 Å². The largest absolute Gasteiger partial charge is 0.479 e. The van der Waals surface area contributed by atoms with Gasteiger partial charge in [0.15, 0.2) is 6.10 Å². The first-order chi connectivity index (χ1) is 8.86. The number of aliphatic carboxylic acids is 1. The second-order valence-corrected chi connectivity index (χ2v) is 6.00. The Balaban J connectivity index is 2.40. The number of carbonyl (C=O) groups is 2. The van der Waals surface area contributed by atoms with E-state index in [2.05, 4.69) is 19.2 Å². The molecule has 5 heteroatoms. The van der Waals surface area contributed by atoms with Crippen LogP contribution in [0.15, 0.2) is 0 Å². The maximum Gasteiger partial charge on any atom is 0.334 e. The quantitative estimate of drug-likeness (QED) is 0.772. The Labute approximate surface area is 114 Å². The Morgan fingerprint density at radius 1 is 1.42 bits per heavy atom. The Bertz CT molecular complexity index is 327. The number of carbonyl (C=O) groups excluding carboxylic acids is 1. The summed E-state index contributed by atoms with van der Waals surface area (Å²) in [4.78, 5) is 22.6. The van der Waals surface area contributed by atoms with Gasteiger partial charge in [0.25, 0.3) is 0 Å². The molecule has 19 heavy (non-hydrogen) atoms. The van der Waals surface area contributed by atoms with E-state index in [4.69, 9.17) is 9.84 Å². The lowest BCUT2D eigenvalue weighted by Crippen LogP contribution is -2.40. The molecule has 1 fully saturated rings. The lowest BCUT2D eigenvalue weighted by Gasteiger charge is -2.38. The molecule has 1 rings (SSSR count). The maximum absolute atomic E-state index is 11.9. The van der Waals surface area contributed by atoms with Crippen molar-refractivity contribution >= 4 is 11.9 Å². The summed E-state index contributed by atoms with van der Waals surface area (Å²) in [5, 5.41) is 11.5. The molecule has 0 aromatic rings. The molecule has 110 valence electrons. The summed E-state index contributed by atoms with van der Waals surface area (Å²) in [6.45, 7) is 4.44. The lowest BCUT2D eigenvalue weighted by atomic mass is 9.67. The van der Waals surface area contributed by atoms with Crippen LogP contribution in [0.5, 0.6) is 0 Å². The number of methoxy groups -OCH3 is 1. The summed E-state index contributed by atoms with van der Waals surface area (Å²) in [6, 6.07) is 0. The molecule has 0 heterocycles. The monoisotopic (exact) mass is 271 g/mol. The molecular formula is C14H25NO4. The van der Waals surface area contributed by atoms with Crippen molar-refractivity contribution in [3.05, 3.63) is 0 Å². The van der Waals surface area contributed by atoms with E-state index in [-0.39, 0.29) is 17.9 Å². The van der Waals surface area contributed by atoms with Crippen LogP contribution >= 0.6 is 0 Å².